The Morgan fingerprint density at radius 2 is 2.00 bits per heavy atom. The number of halogens is 1. The molecule has 0 radical (unpaired) electrons. The second kappa shape index (κ2) is 8.63. The van der Waals surface area contributed by atoms with Crippen LogP contribution >= 0.6 is 23.4 Å². The Kier molecular flexibility index (Phi) is 5.78. The third-order valence-corrected chi connectivity index (χ3v) is 5.44. The first kappa shape index (κ1) is 19.4. The lowest BCUT2D eigenvalue weighted by Gasteiger charge is -2.08. The zero-order valence-corrected chi connectivity index (χ0v) is 17.2. The van der Waals surface area contributed by atoms with Gasteiger partial charge in [0.1, 0.15) is 11.4 Å². The van der Waals surface area contributed by atoms with Crippen LogP contribution in [0.15, 0.2) is 70.8 Å². The number of anilines is 1. The number of hydrogen-bond acceptors (Lipinski definition) is 5. The molecule has 0 saturated heterocycles. The van der Waals surface area contributed by atoms with Gasteiger partial charge in [-0.15, -0.1) is 0 Å². The Morgan fingerprint density at radius 1 is 1.17 bits per heavy atom. The molecule has 0 bridgehead atoms. The van der Waals surface area contributed by atoms with Crippen LogP contribution in [0, 0.1) is 0 Å². The minimum Gasteiger partial charge on any atom is -0.322 e. The highest BCUT2D eigenvalue weighted by Crippen LogP contribution is 2.29. The van der Waals surface area contributed by atoms with Crippen molar-refractivity contribution < 1.29 is 4.79 Å². The van der Waals surface area contributed by atoms with Gasteiger partial charge in [-0.3, -0.25) is 4.79 Å². The summed E-state index contributed by atoms with van der Waals surface area (Å²) in [5.41, 5.74) is 2.23. The molecule has 0 fully saturated rings. The smallest absolute Gasteiger partial charge is 0.255 e. The van der Waals surface area contributed by atoms with Crippen LogP contribution in [-0.4, -0.2) is 25.5 Å². The van der Waals surface area contributed by atoms with Gasteiger partial charge in [-0.05, 0) is 55.0 Å². The standard InChI is InChI=1S/C21H18ClN5OS/c1-2-4-17-12-19(27-21(26-17)23-13-24-27)29-18-9-7-16(8-10-18)25-20(28)14-5-3-6-15(22)11-14/h3,5-13H,2,4H2,1H3,(H,25,28). The summed E-state index contributed by atoms with van der Waals surface area (Å²) in [6.07, 6.45) is 3.42. The zero-order valence-electron chi connectivity index (χ0n) is 15.7. The molecule has 0 aliphatic carbocycles. The predicted octanol–water partition coefficient (Wildman–Crippen LogP) is 5.13. The fraction of sp³-hybridized carbons (Fsp3) is 0.143. The van der Waals surface area contributed by atoms with Crippen LogP contribution in [0.4, 0.5) is 5.69 Å². The number of fused-ring (bicyclic) bond motifs is 1. The molecule has 0 aliphatic heterocycles. The van der Waals surface area contributed by atoms with Crippen molar-refractivity contribution >= 4 is 40.7 Å². The molecule has 0 atom stereocenters. The second-order valence-electron chi connectivity index (χ2n) is 6.40. The quantitative estimate of drug-likeness (QED) is 0.435. The first-order chi connectivity index (χ1) is 14.1. The van der Waals surface area contributed by atoms with E-state index >= 15 is 0 Å². The third-order valence-electron chi connectivity index (χ3n) is 4.20. The van der Waals surface area contributed by atoms with Crippen LogP contribution in [-0.2, 0) is 6.42 Å². The minimum absolute atomic E-state index is 0.199. The summed E-state index contributed by atoms with van der Waals surface area (Å²) in [6.45, 7) is 2.12. The zero-order chi connectivity index (χ0) is 20.2. The molecule has 6 nitrogen and oxygen atoms in total. The number of aryl methyl sites for hydroxylation is 1. The number of carbonyl (C=O) groups excluding carboxylic acids is 1. The molecule has 4 rings (SSSR count). The van der Waals surface area contributed by atoms with E-state index in [1.54, 1.807) is 40.5 Å². The number of aromatic nitrogens is 4. The number of nitrogens with zero attached hydrogens (tertiary/aromatic N) is 4. The van der Waals surface area contributed by atoms with Gasteiger partial charge in [0.25, 0.3) is 11.7 Å². The first-order valence-corrected chi connectivity index (χ1v) is 10.4. The number of carbonyl (C=O) groups is 1. The summed E-state index contributed by atoms with van der Waals surface area (Å²) in [5.74, 6) is 0.402. The van der Waals surface area contributed by atoms with Gasteiger partial charge in [0, 0.05) is 26.9 Å². The average molecular weight is 424 g/mol. The third kappa shape index (κ3) is 4.58. The van der Waals surface area contributed by atoms with Gasteiger partial charge in [-0.1, -0.05) is 42.8 Å². The highest BCUT2D eigenvalue weighted by Gasteiger charge is 2.10. The summed E-state index contributed by atoms with van der Waals surface area (Å²) in [5, 5.41) is 8.63. The highest BCUT2D eigenvalue weighted by molar-refractivity contribution is 7.99. The minimum atomic E-state index is -0.199. The summed E-state index contributed by atoms with van der Waals surface area (Å²) < 4.78 is 1.73. The molecule has 2 aromatic carbocycles. The molecular weight excluding hydrogens is 406 g/mol. The maximum absolute atomic E-state index is 12.4. The number of benzene rings is 2. The molecular formula is C21H18ClN5OS. The monoisotopic (exact) mass is 423 g/mol. The Bertz CT molecular complexity index is 1160. The van der Waals surface area contributed by atoms with Gasteiger partial charge in [0.05, 0.1) is 0 Å². The molecule has 0 unspecified atom stereocenters. The molecule has 4 aromatic rings. The fourth-order valence-electron chi connectivity index (χ4n) is 2.85. The molecule has 29 heavy (non-hydrogen) atoms. The molecule has 0 spiro atoms. The van der Waals surface area contributed by atoms with Gasteiger partial charge >= 0.3 is 0 Å². The lowest BCUT2D eigenvalue weighted by atomic mass is 10.2. The average Bonchev–Trinajstić information content (AvgIpc) is 3.19. The Hall–Kier alpha value is -2.90. The molecule has 2 heterocycles. The van der Waals surface area contributed by atoms with E-state index in [0.29, 0.717) is 22.1 Å². The molecule has 1 N–H and O–H groups in total. The maximum atomic E-state index is 12.4. The number of rotatable bonds is 6. The van der Waals surface area contributed by atoms with Crippen molar-refractivity contribution in [2.75, 3.05) is 5.32 Å². The Balaban J connectivity index is 1.51. The van der Waals surface area contributed by atoms with Crippen molar-refractivity contribution in [3.63, 3.8) is 0 Å². The van der Waals surface area contributed by atoms with Gasteiger partial charge in [-0.25, -0.2) is 4.98 Å². The summed E-state index contributed by atoms with van der Waals surface area (Å²) in [6, 6.07) is 16.6. The van der Waals surface area contributed by atoms with Crippen molar-refractivity contribution in [3.8, 4) is 0 Å². The van der Waals surface area contributed by atoms with Crippen LogP contribution in [0.25, 0.3) is 5.78 Å². The van der Waals surface area contributed by atoms with E-state index in [1.165, 1.54) is 6.33 Å². The van der Waals surface area contributed by atoms with E-state index in [2.05, 4.69) is 27.3 Å². The van der Waals surface area contributed by atoms with Crippen LogP contribution in [0.2, 0.25) is 5.02 Å². The van der Waals surface area contributed by atoms with Crippen LogP contribution in [0.3, 0.4) is 0 Å². The lowest BCUT2D eigenvalue weighted by molar-refractivity contribution is 0.102. The van der Waals surface area contributed by atoms with Crippen LogP contribution < -0.4 is 5.32 Å². The van der Waals surface area contributed by atoms with E-state index in [0.717, 1.165) is 28.5 Å². The highest BCUT2D eigenvalue weighted by atomic mass is 35.5. The van der Waals surface area contributed by atoms with Gasteiger partial charge in [0.15, 0.2) is 0 Å². The van der Waals surface area contributed by atoms with E-state index in [9.17, 15) is 4.79 Å². The number of nitrogens with one attached hydrogen (secondary N) is 1. The maximum Gasteiger partial charge on any atom is 0.255 e. The molecule has 0 saturated carbocycles. The van der Waals surface area contributed by atoms with Crippen molar-refractivity contribution in [2.24, 2.45) is 0 Å². The lowest BCUT2D eigenvalue weighted by Crippen LogP contribution is -2.11. The van der Waals surface area contributed by atoms with E-state index in [-0.39, 0.29) is 5.91 Å². The van der Waals surface area contributed by atoms with Gasteiger partial charge in [-0.2, -0.15) is 14.6 Å². The van der Waals surface area contributed by atoms with Crippen LogP contribution in [0.5, 0.6) is 0 Å². The normalized spacial score (nSPS) is 11.0. The molecule has 8 heteroatoms. The van der Waals surface area contributed by atoms with E-state index in [1.807, 2.05) is 30.3 Å². The van der Waals surface area contributed by atoms with E-state index < -0.39 is 0 Å². The summed E-state index contributed by atoms with van der Waals surface area (Å²) in [7, 11) is 0. The number of amides is 1. The van der Waals surface area contributed by atoms with Gasteiger partial charge in [0.2, 0.25) is 0 Å². The van der Waals surface area contributed by atoms with Gasteiger partial charge < -0.3 is 5.32 Å². The fourth-order valence-corrected chi connectivity index (χ4v) is 3.96. The number of hydrogen-bond donors (Lipinski definition) is 1. The second-order valence-corrected chi connectivity index (χ2v) is 7.93. The summed E-state index contributed by atoms with van der Waals surface area (Å²) >= 11 is 7.53. The SMILES string of the molecule is CCCc1cc(Sc2ccc(NC(=O)c3cccc(Cl)c3)cc2)n2ncnc2n1. The van der Waals surface area contributed by atoms with Crippen molar-refractivity contribution in [1.29, 1.82) is 0 Å². The molecule has 2 aromatic heterocycles. The molecule has 0 aliphatic rings. The largest absolute Gasteiger partial charge is 0.322 e. The van der Waals surface area contributed by atoms with Crippen molar-refractivity contribution in [3.05, 3.63) is 77.2 Å². The van der Waals surface area contributed by atoms with E-state index in [4.69, 9.17) is 11.6 Å². The first-order valence-electron chi connectivity index (χ1n) is 9.17. The van der Waals surface area contributed by atoms with Crippen molar-refractivity contribution in [2.45, 2.75) is 29.7 Å². The van der Waals surface area contributed by atoms with Crippen LogP contribution in [0.1, 0.15) is 29.4 Å². The predicted molar refractivity (Wildman–Crippen MR) is 115 cm³/mol. The Labute approximate surface area is 177 Å². The molecule has 146 valence electrons. The summed E-state index contributed by atoms with van der Waals surface area (Å²) in [4.78, 5) is 22.1. The van der Waals surface area contributed by atoms with Crippen molar-refractivity contribution in [1.82, 2.24) is 19.6 Å². The molecule has 1 amide bonds. The topological polar surface area (TPSA) is 72.2 Å². The Morgan fingerprint density at radius 3 is 2.76 bits per heavy atom.